The molecule has 1 unspecified atom stereocenters. The van der Waals surface area contributed by atoms with E-state index in [-0.39, 0.29) is 11.9 Å². The minimum atomic E-state index is -0.256. The van der Waals surface area contributed by atoms with E-state index < -0.39 is 0 Å². The summed E-state index contributed by atoms with van der Waals surface area (Å²) < 4.78 is 5.20. The molecule has 1 aromatic rings. The molecule has 18 heavy (non-hydrogen) atoms. The van der Waals surface area contributed by atoms with Crippen molar-refractivity contribution in [3.63, 3.8) is 0 Å². The molecule has 7 heteroatoms. The van der Waals surface area contributed by atoms with E-state index in [0.29, 0.717) is 6.04 Å². The third-order valence-corrected chi connectivity index (χ3v) is 4.66. The van der Waals surface area contributed by atoms with Crippen molar-refractivity contribution in [2.45, 2.75) is 49.0 Å². The number of nitrogens with two attached hydrogens (primary N) is 1. The standard InChI is InChI=1S/C11H18N4OS2/c1-2-9-14-11(18-15-9)17-6-5-8(10(12)16)13-7-3-4-7/h7-8,13H,2-6H2,1H3,(H2,12,16). The predicted molar refractivity (Wildman–Crippen MR) is 73.8 cm³/mol. The van der Waals surface area contributed by atoms with Crippen molar-refractivity contribution in [2.24, 2.45) is 5.73 Å². The minimum Gasteiger partial charge on any atom is -0.368 e. The fourth-order valence-corrected chi connectivity index (χ4v) is 3.32. The van der Waals surface area contributed by atoms with Gasteiger partial charge in [0, 0.05) is 18.2 Å². The van der Waals surface area contributed by atoms with Gasteiger partial charge in [-0.3, -0.25) is 4.79 Å². The van der Waals surface area contributed by atoms with Crippen LogP contribution in [0.4, 0.5) is 0 Å². The molecule has 0 bridgehead atoms. The lowest BCUT2D eigenvalue weighted by Crippen LogP contribution is -2.42. The number of rotatable bonds is 8. The molecule has 3 N–H and O–H groups in total. The molecule has 1 atom stereocenters. The highest BCUT2D eigenvalue weighted by Gasteiger charge is 2.26. The van der Waals surface area contributed by atoms with Gasteiger partial charge < -0.3 is 11.1 Å². The number of nitrogens with one attached hydrogen (secondary N) is 1. The normalized spacial score (nSPS) is 16.7. The van der Waals surface area contributed by atoms with E-state index in [1.54, 1.807) is 11.8 Å². The number of hydrogen-bond acceptors (Lipinski definition) is 6. The quantitative estimate of drug-likeness (QED) is 0.702. The summed E-state index contributed by atoms with van der Waals surface area (Å²) in [4.78, 5) is 15.7. The SMILES string of the molecule is CCc1nsc(SCCC(NC2CC2)C(N)=O)n1. The first-order valence-corrected chi connectivity index (χ1v) is 7.95. The summed E-state index contributed by atoms with van der Waals surface area (Å²) in [6.07, 6.45) is 3.93. The molecule has 1 saturated carbocycles. The Morgan fingerprint density at radius 3 is 3.00 bits per heavy atom. The highest BCUT2D eigenvalue weighted by molar-refractivity contribution is 8.00. The zero-order valence-electron chi connectivity index (χ0n) is 10.4. The average molecular weight is 286 g/mol. The summed E-state index contributed by atoms with van der Waals surface area (Å²) in [5, 5.41) is 3.27. The van der Waals surface area contributed by atoms with Crippen molar-refractivity contribution in [1.82, 2.24) is 14.7 Å². The Kier molecular flexibility index (Phi) is 4.96. The van der Waals surface area contributed by atoms with Gasteiger partial charge in [0.15, 0.2) is 4.34 Å². The molecule has 0 aliphatic heterocycles. The number of aromatic nitrogens is 2. The van der Waals surface area contributed by atoms with Crippen LogP contribution in [0.25, 0.3) is 0 Å². The Hall–Kier alpha value is -0.660. The maximum absolute atomic E-state index is 11.3. The molecule has 1 heterocycles. The lowest BCUT2D eigenvalue weighted by Gasteiger charge is -2.13. The zero-order chi connectivity index (χ0) is 13.0. The summed E-state index contributed by atoms with van der Waals surface area (Å²) in [5.41, 5.74) is 5.38. The summed E-state index contributed by atoms with van der Waals surface area (Å²) in [7, 11) is 0. The van der Waals surface area contributed by atoms with Crippen molar-refractivity contribution in [3.8, 4) is 0 Å². The number of primary amides is 1. The van der Waals surface area contributed by atoms with E-state index in [4.69, 9.17) is 5.73 Å². The van der Waals surface area contributed by atoms with Gasteiger partial charge in [-0.1, -0.05) is 18.7 Å². The van der Waals surface area contributed by atoms with Crippen LogP contribution in [0.15, 0.2) is 4.34 Å². The van der Waals surface area contributed by atoms with E-state index in [9.17, 15) is 4.79 Å². The van der Waals surface area contributed by atoms with Crippen LogP contribution in [-0.4, -0.2) is 33.1 Å². The van der Waals surface area contributed by atoms with Crippen molar-refractivity contribution >= 4 is 29.2 Å². The Bertz CT molecular complexity index is 406. The molecule has 1 aliphatic carbocycles. The second-order valence-corrected chi connectivity index (χ2v) is 6.46. The zero-order valence-corrected chi connectivity index (χ0v) is 12.0. The van der Waals surface area contributed by atoms with E-state index in [1.165, 1.54) is 11.5 Å². The van der Waals surface area contributed by atoms with Crippen molar-refractivity contribution in [2.75, 3.05) is 5.75 Å². The van der Waals surface area contributed by atoms with Gasteiger partial charge in [-0.2, -0.15) is 4.37 Å². The second kappa shape index (κ2) is 6.49. The molecular formula is C11H18N4OS2. The number of thioether (sulfide) groups is 1. The maximum atomic E-state index is 11.3. The summed E-state index contributed by atoms with van der Waals surface area (Å²) in [6, 6.07) is 0.296. The van der Waals surface area contributed by atoms with Crippen molar-refractivity contribution in [3.05, 3.63) is 5.82 Å². The molecule has 1 aliphatic rings. The monoisotopic (exact) mass is 286 g/mol. The Balaban J connectivity index is 1.73. The Labute approximate surface area is 115 Å². The summed E-state index contributed by atoms with van der Waals surface area (Å²) >= 11 is 3.07. The summed E-state index contributed by atoms with van der Waals surface area (Å²) in [5.74, 6) is 1.48. The minimum absolute atomic E-state index is 0.205. The van der Waals surface area contributed by atoms with Crippen LogP contribution >= 0.6 is 23.3 Å². The lowest BCUT2D eigenvalue weighted by molar-refractivity contribution is -0.120. The first-order chi connectivity index (χ1) is 8.69. The Morgan fingerprint density at radius 1 is 1.67 bits per heavy atom. The smallest absolute Gasteiger partial charge is 0.234 e. The van der Waals surface area contributed by atoms with E-state index in [2.05, 4.69) is 14.7 Å². The number of aryl methyl sites for hydroxylation is 1. The van der Waals surface area contributed by atoms with E-state index >= 15 is 0 Å². The first kappa shape index (κ1) is 13.8. The topological polar surface area (TPSA) is 80.9 Å². The van der Waals surface area contributed by atoms with Crippen molar-refractivity contribution < 1.29 is 4.79 Å². The van der Waals surface area contributed by atoms with E-state index in [1.807, 2.05) is 6.92 Å². The molecule has 0 saturated heterocycles. The molecule has 0 aromatic carbocycles. The van der Waals surface area contributed by atoms with Crippen LogP contribution in [0.5, 0.6) is 0 Å². The number of carbonyl (C=O) groups excluding carboxylic acids is 1. The third kappa shape index (κ3) is 4.22. The van der Waals surface area contributed by atoms with Crippen molar-refractivity contribution in [1.29, 1.82) is 0 Å². The largest absolute Gasteiger partial charge is 0.368 e. The van der Waals surface area contributed by atoms with Gasteiger partial charge in [0.25, 0.3) is 0 Å². The number of carbonyl (C=O) groups is 1. The first-order valence-electron chi connectivity index (χ1n) is 6.19. The van der Waals surface area contributed by atoms with Crippen LogP contribution in [0.2, 0.25) is 0 Å². The van der Waals surface area contributed by atoms with Crippen LogP contribution in [0.1, 0.15) is 32.0 Å². The molecule has 1 aromatic heterocycles. The van der Waals surface area contributed by atoms with Gasteiger partial charge >= 0.3 is 0 Å². The fraction of sp³-hybridized carbons (Fsp3) is 0.727. The number of nitrogens with zero attached hydrogens (tertiary/aromatic N) is 2. The second-order valence-electron chi connectivity index (χ2n) is 4.36. The highest BCUT2D eigenvalue weighted by atomic mass is 32.2. The molecule has 0 spiro atoms. The van der Waals surface area contributed by atoms with Crippen LogP contribution in [0.3, 0.4) is 0 Å². The van der Waals surface area contributed by atoms with Gasteiger partial charge in [0.05, 0.1) is 6.04 Å². The van der Waals surface area contributed by atoms with Gasteiger partial charge in [-0.05, 0) is 30.8 Å². The summed E-state index contributed by atoms with van der Waals surface area (Å²) in [6.45, 7) is 2.04. The fourth-order valence-electron chi connectivity index (χ4n) is 1.55. The molecular weight excluding hydrogens is 268 g/mol. The molecule has 1 amide bonds. The number of hydrogen-bond donors (Lipinski definition) is 2. The van der Waals surface area contributed by atoms with Gasteiger partial charge in [-0.25, -0.2) is 4.98 Å². The molecule has 2 rings (SSSR count). The van der Waals surface area contributed by atoms with E-state index in [0.717, 1.165) is 41.6 Å². The van der Waals surface area contributed by atoms with Crippen LogP contribution in [0, 0.1) is 0 Å². The molecule has 0 radical (unpaired) electrons. The Morgan fingerprint density at radius 2 is 2.44 bits per heavy atom. The molecule has 100 valence electrons. The van der Waals surface area contributed by atoms with Gasteiger partial charge in [0.1, 0.15) is 5.82 Å². The average Bonchev–Trinajstić information content (AvgIpc) is 3.04. The van der Waals surface area contributed by atoms with Gasteiger partial charge in [-0.15, -0.1) is 0 Å². The van der Waals surface area contributed by atoms with Crippen LogP contribution in [-0.2, 0) is 11.2 Å². The highest BCUT2D eigenvalue weighted by Crippen LogP contribution is 2.23. The molecule has 5 nitrogen and oxygen atoms in total. The lowest BCUT2D eigenvalue weighted by atomic mass is 10.2. The predicted octanol–water partition coefficient (Wildman–Crippen LogP) is 1.19. The number of amides is 1. The third-order valence-electron chi connectivity index (χ3n) is 2.76. The maximum Gasteiger partial charge on any atom is 0.234 e. The van der Waals surface area contributed by atoms with Crippen LogP contribution < -0.4 is 11.1 Å². The molecule has 1 fully saturated rings. The van der Waals surface area contributed by atoms with Gasteiger partial charge in [0.2, 0.25) is 5.91 Å².